The molecule has 1 heterocycles. The van der Waals surface area contributed by atoms with Crippen molar-refractivity contribution in [3.63, 3.8) is 0 Å². The molecule has 0 aliphatic carbocycles. The lowest BCUT2D eigenvalue weighted by Crippen LogP contribution is -2.14. The van der Waals surface area contributed by atoms with E-state index >= 15 is 0 Å². The van der Waals surface area contributed by atoms with Crippen LogP contribution in [0.25, 0.3) is 0 Å². The fourth-order valence-electron chi connectivity index (χ4n) is 1.50. The monoisotopic (exact) mass is 242 g/mol. The summed E-state index contributed by atoms with van der Waals surface area (Å²) in [6.45, 7) is 1.97. The summed E-state index contributed by atoms with van der Waals surface area (Å²) in [5.74, 6) is 0.359. The molecule has 2 rings (SSSR count). The zero-order valence-electron chi connectivity index (χ0n) is 10.3. The van der Waals surface area contributed by atoms with Gasteiger partial charge in [0.1, 0.15) is 5.82 Å². The summed E-state index contributed by atoms with van der Waals surface area (Å²) in [5.41, 5.74) is 2.12. The molecular weight excluding hydrogens is 228 g/mol. The van der Waals surface area contributed by atoms with Gasteiger partial charge in [0.15, 0.2) is 5.69 Å². The molecule has 0 atom stereocenters. The first-order valence-corrected chi connectivity index (χ1v) is 5.58. The Balaban J connectivity index is 2.11. The molecule has 0 saturated heterocycles. The highest BCUT2D eigenvalue weighted by molar-refractivity contribution is 6.02. The van der Waals surface area contributed by atoms with Crippen molar-refractivity contribution in [3.8, 4) is 0 Å². The topological polar surface area (TPSA) is 66.9 Å². The minimum atomic E-state index is -0.268. The number of carbonyl (C=O) groups is 1. The van der Waals surface area contributed by atoms with E-state index in [0.29, 0.717) is 5.82 Å². The van der Waals surface area contributed by atoms with Gasteiger partial charge in [0, 0.05) is 12.7 Å². The Morgan fingerprint density at radius 1 is 1.17 bits per heavy atom. The molecule has 0 aliphatic heterocycles. The third-order valence-corrected chi connectivity index (χ3v) is 2.43. The van der Waals surface area contributed by atoms with Crippen LogP contribution >= 0.6 is 0 Å². The zero-order chi connectivity index (χ0) is 13.0. The van der Waals surface area contributed by atoms with Crippen molar-refractivity contribution >= 4 is 17.4 Å². The fourth-order valence-corrected chi connectivity index (χ4v) is 1.50. The molecule has 2 N–H and O–H groups in total. The summed E-state index contributed by atoms with van der Waals surface area (Å²) >= 11 is 0. The van der Waals surface area contributed by atoms with Crippen molar-refractivity contribution in [1.29, 1.82) is 0 Å². The number of nitrogens with zero attached hydrogens (tertiary/aromatic N) is 2. The van der Waals surface area contributed by atoms with Crippen LogP contribution in [0.5, 0.6) is 0 Å². The summed E-state index contributed by atoms with van der Waals surface area (Å²) < 4.78 is 0. The molecule has 1 amide bonds. The van der Waals surface area contributed by atoms with Gasteiger partial charge >= 0.3 is 0 Å². The smallest absolute Gasteiger partial charge is 0.276 e. The molecule has 5 nitrogen and oxygen atoms in total. The van der Waals surface area contributed by atoms with E-state index in [-0.39, 0.29) is 11.6 Å². The van der Waals surface area contributed by atoms with Gasteiger partial charge in [-0.25, -0.2) is 0 Å². The van der Waals surface area contributed by atoms with Crippen molar-refractivity contribution in [2.45, 2.75) is 6.92 Å². The molecule has 0 aliphatic rings. The first-order chi connectivity index (χ1) is 8.69. The summed E-state index contributed by atoms with van der Waals surface area (Å²) in [7, 11) is 1.75. The maximum absolute atomic E-state index is 11.9. The SMILES string of the molecule is CNc1ccc(C(=O)Nc2cccc(C)c2)nn1. The van der Waals surface area contributed by atoms with E-state index < -0.39 is 0 Å². The maximum atomic E-state index is 11.9. The van der Waals surface area contributed by atoms with Gasteiger partial charge in [-0.05, 0) is 36.8 Å². The Morgan fingerprint density at radius 2 is 2.00 bits per heavy atom. The van der Waals surface area contributed by atoms with Gasteiger partial charge in [0.25, 0.3) is 5.91 Å². The normalized spacial score (nSPS) is 9.89. The van der Waals surface area contributed by atoms with Crippen LogP contribution < -0.4 is 10.6 Å². The van der Waals surface area contributed by atoms with Crippen LogP contribution in [0.2, 0.25) is 0 Å². The van der Waals surface area contributed by atoms with Crippen LogP contribution in [0, 0.1) is 6.92 Å². The molecule has 0 fully saturated rings. The number of carbonyl (C=O) groups excluding carboxylic acids is 1. The Hall–Kier alpha value is -2.43. The largest absolute Gasteiger partial charge is 0.372 e. The van der Waals surface area contributed by atoms with Crippen LogP contribution in [0.4, 0.5) is 11.5 Å². The Kier molecular flexibility index (Phi) is 3.52. The molecule has 92 valence electrons. The van der Waals surface area contributed by atoms with Crippen molar-refractivity contribution < 1.29 is 4.79 Å². The van der Waals surface area contributed by atoms with Crippen LogP contribution in [0.3, 0.4) is 0 Å². The molecule has 5 heteroatoms. The summed E-state index contributed by atoms with van der Waals surface area (Å²) in [4.78, 5) is 11.9. The average molecular weight is 242 g/mol. The molecule has 0 unspecified atom stereocenters. The van der Waals surface area contributed by atoms with Crippen molar-refractivity contribution in [2.24, 2.45) is 0 Å². The van der Waals surface area contributed by atoms with E-state index in [2.05, 4.69) is 20.8 Å². The third kappa shape index (κ3) is 2.82. The summed E-state index contributed by atoms with van der Waals surface area (Å²) in [6, 6.07) is 10.9. The van der Waals surface area contributed by atoms with Gasteiger partial charge in [-0.1, -0.05) is 12.1 Å². The highest BCUT2D eigenvalue weighted by Crippen LogP contribution is 2.11. The van der Waals surface area contributed by atoms with Crippen LogP contribution in [0.15, 0.2) is 36.4 Å². The van der Waals surface area contributed by atoms with Crippen LogP contribution in [-0.4, -0.2) is 23.2 Å². The first-order valence-electron chi connectivity index (χ1n) is 5.58. The number of aromatic nitrogens is 2. The van der Waals surface area contributed by atoms with Gasteiger partial charge < -0.3 is 10.6 Å². The highest BCUT2D eigenvalue weighted by Gasteiger charge is 2.08. The highest BCUT2D eigenvalue weighted by atomic mass is 16.1. The van der Waals surface area contributed by atoms with Crippen LogP contribution in [0.1, 0.15) is 16.1 Å². The molecule has 18 heavy (non-hydrogen) atoms. The number of hydrogen-bond donors (Lipinski definition) is 2. The second-order valence-electron chi connectivity index (χ2n) is 3.88. The van der Waals surface area contributed by atoms with Gasteiger partial charge in [-0.2, -0.15) is 0 Å². The number of benzene rings is 1. The number of amides is 1. The van der Waals surface area contributed by atoms with Crippen molar-refractivity contribution in [1.82, 2.24) is 10.2 Å². The Labute approximate surface area is 105 Å². The predicted molar refractivity (Wildman–Crippen MR) is 70.7 cm³/mol. The fraction of sp³-hybridized carbons (Fsp3) is 0.154. The lowest BCUT2D eigenvalue weighted by atomic mass is 10.2. The van der Waals surface area contributed by atoms with Gasteiger partial charge in [-0.3, -0.25) is 4.79 Å². The van der Waals surface area contributed by atoms with E-state index in [9.17, 15) is 4.79 Å². The maximum Gasteiger partial charge on any atom is 0.276 e. The molecule has 0 spiro atoms. The van der Waals surface area contributed by atoms with E-state index in [4.69, 9.17) is 0 Å². The zero-order valence-corrected chi connectivity index (χ0v) is 10.3. The lowest BCUT2D eigenvalue weighted by molar-refractivity contribution is 0.102. The number of nitrogens with one attached hydrogen (secondary N) is 2. The second-order valence-corrected chi connectivity index (χ2v) is 3.88. The minimum Gasteiger partial charge on any atom is -0.372 e. The van der Waals surface area contributed by atoms with E-state index in [1.54, 1.807) is 19.2 Å². The third-order valence-electron chi connectivity index (χ3n) is 2.43. The Morgan fingerprint density at radius 3 is 2.61 bits per heavy atom. The van der Waals surface area contributed by atoms with Gasteiger partial charge in [-0.15, -0.1) is 10.2 Å². The van der Waals surface area contributed by atoms with Gasteiger partial charge in [0.2, 0.25) is 0 Å². The van der Waals surface area contributed by atoms with E-state index in [1.165, 1.54) is 0 Å². The average Bonchev–Trinajstić information content (AvgIpc) is 2.39. The van der Waals surface area contributed by atoms with E-state index in [0.717, 1.165) is 11.3 Å². The van der Waals surface area contributed by atoms with E-state index in [1.807, 2.05) is 31.2 Å². The minimum absolute atomic E-state index is 0.268. The molecular formula is C13H14N4O. The number of anilines is 2. The quantitative estimate of drug-likeness (QED) is 0.864. The molecule has 2 aromatic rings. The van der Waals surface area contributed by atoms with Crippen molar-refractivity contribution in [2.75, 3.05) is 17.7 Å². The molecule has 1 aromatic heterocycles. The van der Waals surface area contributed by atoms with Crippen molar-refractivity contribution in [3.05, 3.63) is 47.7 Å². The number of hydrogen-bond acceptors (Lipinski definition) is 4. The van der Waals surface area contributed by atoms with Gasteiger partial charge in [0.05, 0.1) is 0 Å². The lowest BCUT2D eigenvalue weighted by Gasteiger charge is -2.05. The predicted octanol–water partition coefficient (Wildman–Crippen LogP) is 2.08. The summed E-state index contributed by atoms with van der Waals surface area (Å²) in [6.07, 6.45) is 0. The molecule has 0 bridgehead atoms. The van der Waals surface area contributed by atoms with Crippen LogP contribution in [-0.2, 0) is 0 Å². The number of rotatable bonds is 3. The standard InChI is InChI=1S/C13H14N4O/c1-9-4-3-5-10(8-9)15-13(18)11-6-7-12(14-2)17-16-11/h3-8H,1-2H3,(H,14,17)(H,15,18). The molecule has 1 aromatic carbocycles. The summed E-state index contributed by atoms with van der Waals surface area (Å²) in [5, 5.41) is 13.3. The first kappa shape index (κ1) is 12.0. The Bertz CT molecular complexity index is 551. The second kappa shape index (κ2) is 5.27. The molecule has 0 radical (unpaired) electrons. The number of aryl methyl sites for hydroxylation is 1. The molecule has 0 saturated carbocycles.